The fourth-order valence-corrected chi connectivity index (χ4v) is 2.75. The second-order valence-corrected chi connectivity index (χ2v) is 6.69. The van der Waals surface area contributed by atoms with Crippen molar-refractivity contribution in [3.63, 3.8) is 0 Å². The Hall–Kier alpha value is -3.02. The van der Waals surface area contributed by atoms with E-state index in [1.165, 1.54) is 15.7 Å². The number of nitrogen functional groups attached to an aromatic ring is 1. The van der Waals surface area contributed by atoms with Gasteiger partial charge < -0.3 is 19.8 Å². The zero-order valence-electron chi connectivity index (χ0n) is 16.2. The lowest BCUT2D eigenvalue weighted by atomic mass is 10.1. The summed E-state index contributed by atoms with van der Waals surface area (Å²) in [5.74, 6) is 0.119. The summed E-state index contributed by atoms with van der Waals surface area (Å²) >= 11 is 0. The van der Waals surface area contributed by atoms with Crippen LogP contribution in [-0.2, 0) is 11.8 Å². The molecule has 0 radical (unpaired) electrons. The van der Waals surface area contributed by atoms with E-state index in [2.05, 4.69) is 19.9 Å². The van der Waals surface area contributed by atoms with Gasteiger partial charge in [0.2, 0.25) is 5.75 Å². The summed E-state index contributed by atoms with van der Waals surface area (Å²) in [5.41, 5.74) is 8.99. The fourth-order valence-electron chi connectivity index (χ4n) is 2.75. The van der Waals surface area contributed by atoms with Crippen LogP contribution in [0.2, 0.25) is 0 Å². The zero-order chi connectivity index (χ0) is 20.0. The predicted octanol–water partition coefficient (Wildman–Crippen LogP) is 3.73. The van der Waals surface area contributed by atoms with Crippen molar-refractivity contribution in [1.29, 1.82) is 0 Å². The summed E-state index contributed by atoms with van der Waals surface area (Å²) in [6, 6.07) is 5.15. The molecule has 1 heterocycles. The van der Waals surface area contributed by atoms with E-state index in [0.717, 1.165) is 12.8 Å². The normalized spacial score (nSPS) is 11.3. The van der Waals surface area contributed by atoms with Crippen LogP contribution in [0.15, 0.2) is 46.3 Å². The molecule has 1 aromatic heterocycles. The Morgan fingerprint density at radius 1 is 1.19 bits per heavy atom. The van der Waals surface area contributed by atoms with Crippen molar-refractivity contribution in [3.8, 4) is 11.5 Å². The monoisotopic (exact) mass is 370 g/mol. The molecule has 0 spiro atoms. The number of carbonyl (C=O) groups excluding carboxylic acids is 1. The Balaban J connectivity index is 2.34. The van der Waals surface area contributed by atoms with Crippen LogP contribution < -0.4 is 20.8 Å². The molecule has 6 heteroatoms. The third kappa shape index (κ3) is 5.00. The van der Waals surface area contributed by atoms with Gasteiger partial charge >= 0.3 is 0 Å². The number of ether oxygens (including phenoxy) is 2. The molecule has 0 amide bonds. The highest BCUT2D eigenvalue weighted by Gasteiger charge is 2.18. The average Bonchev–Trinajstić information content (AvgIpc) is 2.61. The van der Waals surface area contributed by atoms with Crippen LogP contribution in [0.5, 0.6) is 11.5 Å². The second-order valence-electron chi connectivity index (χ2n) is 6.69. The molecule has 0 aliphatic rings. The zero-order valence-corrected chi connectivity index (χ0v) is 16.2. The standard InChI is InChI=1S/C21H26N2O4/c1-14(2)6-5-7-15(3)10-11-26-19-17-9-8-16(22)12-18(17)23(4)21(25)20(19)27-13-24/h6,8-10,12-13H,5,7,11,22H2,1-4H3. The molecule has 0 saturated heterocycles. The number of anilines is 1. The van der Waals surface area contributed by atoms with Crippen molar-refractivity contribution in [2.24, 2.45) is 7.05 Å². The number of carbonyl (C=O) groups is 1. The number of nitrogens with two attached hydrogens (primary N) is 1. The van der Waals surface area contributed by atoms with Crippen molar-refractivity contribution in [1.82, 2.24) is 4.57 Å². The minimum Gasteiger partial charge on any atom is -0.485 e. The molecule has 2 N–H and O–H groups in total. The molecule has 1 aromatic carbocycles. The molecule has 0 bridgehead atoms. The van der Waals surface area contributed by atoms with Crippen molar-refractivity contribution in [3.05, 3.63) is 51.9 Å². The highest BCUT2D eigenvalue weighted by atomic mass is 16.5. The van der Waals surface area contributed by atoms with Crippen LogP contribution in [0, 0.1) is 0 Å². The maximum Gasteiger partial charge on any atom is 0.298 e. The number of nitrogens with zero attached hydrogens (tertiary/aromatic N) is 1. The smallest absolute Gasteiger partial charge is 0.298 e. The number of pyridine rings is 1. The number of allylic oxidation sites excluding steroid dienone is 3. The minimum atomic E-state index is -0.459. The Kier molecular flexibility index (Phi) is 6.82. The van der Waals surface area contributed by atoms with Crippen LogP contribution in [0.3, 0.4) is 0 Å². The fraction of sp³-hybridized carbons (Fsp3) is 0.333. The van der Waals surface area contributed by atoms with E-state index in [1.807, 2.05) is 13.0 Å². The van der Waals surface area contributed by atoms with Gasteiger partial charge in [-0.1, -0.05) is 17.2 Å². The van der Waals surface area contributed by atoms with Crippen LogP contribution in [-0.4, -0.2) is 17.6 Å². The molecule has 2 rings (SSSR count). The molecular formula is C21H26N2O4. The van der Waals surface area contributed by atoms with Gasteiger partial charge in [0.15, 0.2) is 5.75 Å². The van der Waals surface area contributed by atoms with E-state index in [1.54, 1.807) is 25.2 Å². The second kappa shape index (κ2) is 9.07. The Labute approximate surface area is 158 Å². The third-order valence-corrected chi connectivity index (χ3v) is 4.25. The summed E-state index contributed by atoms with van der Waals surface area (Å²) in [6.45, 7) is 6.68. The molecule has 0 aliphatic carbocycles. The molecule has 2 aromatic rings. The topological polar surface area (TPSA) is 83.5 Å². The van der Waals surface area contributed by atoms with E-state index < -0.39 is 5.56 Å². The van der Waals surface area contributed by atoms with Crippen LogP contribution in [0.1, 0.15) is 33.6 Å². The molecule has 144 valence electrons. The minimum absolute atomic E-state index is 0.125. The molecule has 0 fully saturated rings. The summed E-state index contributed by atoms with van der Waals surface area (Å²) in [7, 11) is 1.60. The molecule has 0 atom stereocenters. The number of benzene rings is 1. The van der Waals surface area contributed by atoms with E-state index >= 15 is 0 Å². The molecule has 27 heavy (non-hydrogen) atoms. The first-order chi connectivity index (χ1) is 12.8. The first-order valence-corrected chi connectivity index (χ1v) is 8.79. The van der Waals surface area contributed by atoms with Crippen molar-refractivity contribution < 1.29 is 14.3 Å². The van der Waals surface area contributed by atoms with Gasteiger partial charge in [-0.2, -0.15) is 0 Å². The molecule has 0 saturated carbocycles. The molecule has 0 unspecified atom stereocenters. The molecular weight excluding hydrogens is 344 g/mol. The maximum atomic E-state index is 12.5. The summed E-state index contributed by atoms with van der Waals surface area (Å²) in [5, 5.41) is 0.652. The average molecular weight is 370 g/mol. The van der Waals surface area contributed by atoms with Gasteiger partial charge in [-0.3, -0.25) is 9.59 Å². The SMILES string of the molecule is CC(C)=CCCC(C)=CCOc1c(OC=O)c(=O)n(C)c2cc(N)ccc12. The lowest BCUT2D eigenvalue weighted by molar-refractivity contribution is -0.120. The highest BCUT2D eigenvalue weighted by molar-refractivity contribution is 5.90. The van der Waals surface area contributed by atoms with Crippen LogP contribution in [0.25, 0.3) is 10.9 Å². The van der Waals surface area contributed by atoms with Crippen LogP contribution >= 0.6 is 0 Å². The van der Waals surface area contributed by atoms with Gasteiger partial charge in [0.25, 0.3) is 12.0 Å². The Morgan fingerprint density at radius 2 is 1.93 bits per heavy atom. The van der Waals surface area contributed by atoms with Gasteiger partial charge in [-0.15, -0.1) is 0 Å². The quantitative estimate of drug-likeness (QED) is 0.435. The Bertz CT molecular complexity index is 951. The predicted molar refractivity (Wildman–Crippen MR) is 108 cm³/mol. The van der Waals surface area contributed by atoms with Gasteiger partial charge in [-0.05, 0) is 57.9 Å². The van der Waals surface area contributed by atoms with Gasteiger partial charge in [-0.25, -0.2) is 0 Å². The molecule has 0 aliphatic heterocycles. The Morgan fingerprint density at radius 3 is 2.59 bits per heavy atom. The first kappa shape index (κ1) is 20.3. The van der Waals surface area contributed by atoms with E-state index in [4.69, 9.17) is 15.2 Å². The van der Waals surface area contributed by atoms with E-state index in [9.17, 15) is 9.59 Å². The number of rotatable bonds is 8. The number of hydrogen-bond acceptors (Lipinski definition) is 5. The first-order valence-electron chi connectivity index (χ1n) is 8.79. The van der Waals surface area contributed by atoms with E-state index in [0.29, 0.717) is 16.6 Å². The summed E-state index contributed by atoms with van der Waals surface area (Å²) < 4.78 is 12.2. The number of hydrogen-bond donors (Lipinski definition) is 1. The van der Waals surface area contributed by atoms with Crippen LogP contribution in [0.4, 0.5) is 5.69 Å². The lowest BCUT2D eigenvalue weighted by Crippen LogP contribution is -2.21. The third-order valence-electron chi connectivity index (χ3n) is 4.25. The van der Waals surface area contributed by atoms with E-state index in [-0.39, 0.29) is 24.6 Å². The van der Waals surface area contributed by atoms with Crippen molar-refractivity contribution in [2.75, 3.05) is 12.3 Å². The lowest BCUT2D eigenvalue weighted by Gasteiger charge is -2.15. The maximum absolute atomic E-state index is 12.5. The molecule has 6 nitrogen and oxygen atoms in total. The summed E-state index contributed by atoms with van der Waals surface area (Å²) in [6.07, 6.45) is 6.05. The van der Waals surface area contributed by atoms with Gasteiger partial charge in [0.05, 0.1) is 5.52 Å². The van der Waals surface area contributed by atoms with Crippen molar-refractivity contribution in [2.45, 2.75) is 33.6 Å². The largest absolute Gasteiger partial charge is 0.485 e. The summed E-state index contributed by atoms with van der Waals surface area (Å²) in [4.78, 5) is 23.4. The van der Waals surface area contributed by atoms with Gasteiger partial charge in [0, 0.05) is 18.1 Å². The number of fused-ring (bicyclic) bond motifs is 1. The number of aromatic nitrogens is 1. The highest BCUT2D eigenvalue weighted by Crippen LogP contribution is 2.33. The number of aryl methyl sites for hydroxylation is 1. The van der Waals surface area contributed by atoms with Gasteiger partial charge in [0.1, 0.15) is 6.61 Å². The van der Waals surface area contributed by atoms with Crippen molar-refractivity contribution >= 4 is 23.1 Å².